The molecule has 0 unspecified atom stereocenters. The SMILES string of the molecule is CCCCNC(=O)c1cc(-c2cccs2)on1. The second-order valence-electron chi connectivity index (χ2n) is 3.66. The van der Waals surface area contributed by atoms with E-state index in [2.05, 4.69) is 17.4 Å². The quantitative estimate of drug-likeness (QED) is 0.830. The van der Waals surface area contributed by atoms with Gasteiger partial charge in [-0.1, -0.05) is 24.6 Å². The second-order valence-corrected chi connectivity index (χ2v) is 4.61. The van der Waals surface area contributed by atoms with Gasteiger partial charge in [-0.15, -0.1) is 11.3 Å². The minimum absolute atomic E-state index is 0.176. The molecule has 4 nitrogen and oxygen atoms in total. The van der Waals surface area contributed by atoms with Crippen molar-refractivity contribution in [3.05, 3.63) is 29.3 Å². The van der Waals surface area contributed by atoms with Gasteiger partial charge in [-0.05, 0) is 17.9 Å². The van der Waals surface area contributed by atoms with Crippen LogP contribution in [0.4, 0.5) is 0 Å². The van der Waals surface area contributed by atoms with Crippen LogP contribution >= 0.6 is 11.3 Å². The number of hydrogen-bond donors (Lipinski definition) is 1. The molecular formula is C12H14N2O2S. The highest BCUT2D eigenvalue weighted by atomic mass is 32.1. The first-order valence-electron chi connectivity index (χ1n) is 5.60. The van der Waals surface area contributed by atoms with E-state index in [1.807, 2.05) is 17.5 Å². The van der Waals surface area contributed by atoms with Gasteiger partial charge in [0.2, 0.25) is 0 Å². The van der Waals surface area contributed by atoms with Crippen LogP contribution in [0.15, 0.2) is 28.1 Å². The summed E-state index contributed by atoms with van der Waals surface area (Å²) in [5.41, 5.74) is 0.338. The molecule has 5 heteroatoms. The molecule has 2 aromatic heterocycles. The minimum atomic E-state index is -0.176. The van der Waals surface area contributed by atoms with Crippen LogP contribution in [0.2, 0.25) is 0 Å². The Morgan fingerprint density at radius 1 is 1.59 bits per heavy atom. The Hall–Kier alpha value is -1.62. The van der Waals surface area contributed by atoms with Gasteiger partial charge in [0.25, 0.3) is 5.91 Å². The second kappa shape index (κ2) is 5.63. The fraction of sp³-hybridized carbons (Fsp3) is 0.333. The van der Waals surface area contributed by atoms with Crippen molar-refractivity contribution in [2.24, 2.45) is 0 Å². The summed E-state index contributed by atoms with van der Waals surface area (Å²) >= 11 is 1.56. The maximum atomic E-state index is 11.7. The van der Waals surface area contributed by atoms with Crippen molar-refractivity contribution in [2.45, 2.75) is 19.8 Å². The summed E-state index contributed by atoms with van der Waals surface area (Å²) in [6.45, 7) is 2.76. The van der Waals surface area contributed by atoms with Crippen molar-refractivity contribution in [2.75, 3.05) is 6.54 Å². The van der Waals surface area contributed by atoms with Crippen molar-refractivity contribution in [1.29, 1.82) is 0 Å². The molecular weight excluding hydrogens is 236 g/mol. The van der Waals surface area contributed by atoms with Gasteiger partial charge < -0.3 is 9.84 Å². The highest BCUT2D eigenvalue weighted by Crippen LogP contribution is 2.24. The van der Waals surface area contributed by atoms with Crippen molar-refractivity contribution in [3.8, 4) is 10.6 Å². The highest BCUT2D eigenvalue weighted by Gasteiger charge is 2.13. The van der Waals surface area contributed by atoms with Crippen LogP contribution in [0.25, 0.3) is 10.6 Å². The fourth-order valence-corrected chi connectivity index (χ4v) is 2.06. The smallest absolute Gasteiger partial charge is 0.273 e. The number of thiophene rings is 1. The molecule has 1 N–H and O–H groups in total. The molecule has 17 heavy (non-hydrogen) atoms. The zero-order chi connectivity index (χ0) is 12.1. The maximum Gasteiger partial charge on any atom is 0.273 e. The number of nitrogens with zero attached hydrogens (tertiary/aromatic N) is 1. The van der Waals surface area contributed by atoms with E-state index in [1.54, 1.807) is 17.4 Å². The standard InChI is InChI=1S/C12H14N2O2S/c1-2-3-6-13-12(15)9-8-10(16-14-9)11-5-4-7-17-11/h4-5,7-8H,2-3,6H2,1H3,(H,13,15). The Bertz CT molecular complexity index is 476. The lowest BCUT2D eigenvalue weighted by Crippen LogP contribution is -2.24. The van der Waals surface area contributed by atoms with E-state index in [-0.39, 0.29) is 5.91 Å². The lowest BCUT2D eigenvalue weighted by atomic mass is 10.3. The maximum absolute atomic E-state index is 11.7. The number of amides is 1. The van der Waals surface area contributed by atoms with E-state index >= 15 is 0 Å². The molecule has 0 atom stereocenters. The minimum Gasteiger partial charge on any atom is -0.355 e. The number of rotatable bonds is 5. The molecule has 0 aliphatic rings. The summed E-state index contributed by atoms with van der Waals surface area (Å²) < 4.78 is 5.14. The van der Waals surface area contributed by atoms with E-state index in [0.717, 1.165) is 17.7 Å². The van der Waals surface area contributed by atoms with Gasteiger partial charge in [-0.3, -0.25) is 4.79 Å². The third-order valence-electron chi connectivity index (χ3n) is 2.32. The van der Waals surface area contributed by atoms with E-state index < -0.39 is 0 Å². The van der Waals surface area contributed by atoms with Gasteiger partial charge in [-0.25, -0.2) is 0 Å². The topological polar surface area (TPSA) is 55.1 Å². The third kappa shape index (κ3) is 2.94. The van der Waals surface area contributed by atoms with Crippen LogP contribution in [-0.4, -0.2) is 17.6 Å². The van der Waals surface area contributed by atoms with Crippen LogP contribution in [0, 0.1) is 0 Å². The Morgan fingerprint density at radius 3 is 3.18 bits per heavy atom. The summed E-state index contributed by atoms with van der Waals surface area (Å²) in [5, 5.41) is 8.53. The average molecular weight is 250 g/mol. The zero-order valence-electron chi connectivity index (χ0n) is 9.60. The van der Waals surface area contributed by atoms with Crippen LogP contribution in [-0.2, 0) is 0 Å². The Kier molecular flexibility index (Phi) is 3.93. The van der Waals surface area contributed by atoms with Crippen molar-refractivity contribution >= 4 is 17.2 Å². The lowest BCUT2D eigenvalue weighted by Gasteiger charge is -1.99. The van der Waals surface area contributed by atoms with Crippen LogP contribution in [0.1, 0.15) is 30.3 Å². The van der Waals surface area contributed by atoms with Crippen molar-refractivity contribution in [1.82, 2.24) is 10.5 Å². The van der Waals surface area contributed by atoms with Gasteiger partial charge >= 0.3 is 0 Å². The van der Waals surface area contributed by atoms with Gasteiger partial charge in [0.15, 0.2) is 11.5 Å². The predicted octanol–water partition coefficient (Wildman–Crippen LogP) is 2.93. The monoisotopic (exact) mass is 250 g/mol. The fourth-order valence-electron chi connectivity index (χ4n) is 1.39. The molecule has 0 radical (unpaired) electrons. The molecule has 90 valence electrons. The molecule has 0 saturated heterocycles. The number of nitrogens with one attached hydrogen (secondary N) is 1. The first-order valence-corrected chi connectivity index (χ1v) is 6.48. The number of carbonyl (C=O) groups excluding carboxylic acids is 1. The van der Waals surface area contributed by atoms with E-state index in [1.165, 1.54) is 0 Å². The van der Waals surface area contributed by atoms with Crippen LogP contribution in [0.3, 0.4) is 0 Å². The first kappa shape index (κ1) is 11.9. The molecule has 0 aliphatic carbocycles. The molecule has 0 spiro atoms. The zero-order valence-corrected chi connectivity index (χ0v) is 10.4. The largest absolute Gasteiger partial charge is 0.355 e. The van der Waals surface area contributed by atoms with Gasteiger partial charge in [0, 0.05) is 12.6 Å². The molecule has 2 rings (SSSR count). The molecule has 0 fully saturated rings. The molecule has 0 saturated carbocycles. The predicted molar refractivity (Wildman–Crippen MR) is 67.1 cm³/mol. The lowest BCUT2D eigenvalue weighted by molar-refractivity contribution is 0.0944. The Labute approximate surface area is 104 Å². The number of unbranched alkanes of at least 4 members (excludes halogenated alkanes) is 1. The number of aromatic nitrogens is 1. The molecule has 0 aliphatic heterocycles. The van der Waals surface area contributed by atoms with Crippen LogP contribution < -0.4 is 5.32 Å². The molecule has 1 amide bonds. The Morgan fingerprint density at radius 2 is 2.47 bits per heavy atom. The Balaban J connectivity index is 2.01. The third-order valence-corrected chi connectivity index (χ3v) is 3.21. The number of carbonyl (C=O) groups is 1. The first-order chi connectivity index (χ1) is 8.31. The number of hydrogen-bond acceptors (Lipinski definition) is 4. The summed E-state index contributed by atoms with van der Waals surface area (Å²) in [6, 6.07) is 5.54. The van der Waals surface area contributed by atoms with E-state index in [9.17, 15) is 4.79 Å². The van der Waals surface area contributed by atoms with Gasteiger partial charge in [0.05, 0.1) is 4.88 Å². The summed E-state index contributed by atoms with van der Waals surface area (Å²) in [5.74, 6) is 0.464. The molecule has 0 bridgehead atoms. The summed E-state index contributed by atoms with van der Waals surface area (Å²) in [4.78, 5) is 12.6. The molecule has 2 heterocycles. The van der Waals surface area contributed by atoms with Crippen molar-refractivity contribution in [3.63, 3.8) is 0 Å². The highest BCUT2D eigenvalue weighted by molar-refractivity contribution is 7.13. The van der Waals surface area contributed by atoms with E-state index in [0.29, 0.717) is 18.0 Å². The van der Waals surface area contributed by atoms with Gasteiger partial charge in [-0.2, -0.15) is 0 Å². The summed E-state index contributed by atoms with van der Waals surface area (Å²) in [7, 11) is 0. The average Bonchev–Trinajstić information content (AvgIpc) is 3.00. The molecule has 0 aromatic carbocycles. The normalized spacial score (nSPS) is 10.4. The molecule has 2 aromatic rings. The van der Waals surface area contributed by atoms with E-state index in [4.69, 9.17) is 4.52 Å². The van der Waals surface area contributed by atoms with Crippen LogP contribution in [0.5, 0.6) is 0 Å². The summed E-state index contributed by atoms with van der Waals surface area (Å²) in [6.07, 6.45) is 2.03. The van der Waals surface area contributed by atoms with Gasteiger partial charge in [0.1, 0.15) is 0 Å². The van der Waals surface area contributed by atoms with Crippen molar-refractivity contribution < 1.29 is 9.32 Å².